The minimum Gasteiger partial charge on any atom is -0.475 e. The maximum absolute atomic E-state index is 14.2. The molecule has 2 fully saturated rings. The Morgan fingerprint density at radius 2 is 1.57 bits per heavy atom. The van der Waals surface area contributed by atoms with Crippen molar-refractivity contribution in [1.82, 2.24) is 41.6 Å². The number of aliphatic carboxylic acids is 1. The highest BCUT2D eigenvalue weighted by Gasteiger charge is 2.38. The Balaban J connectivity index is 0.000000985. The smallest absolute Gasteiger partial charge is 0.475 e. The van der Waals surface area contributed by atoms with Crippen LogP contribution in [0.2, 0.25) is 0 Å². The van der Waals surface area contributed by atoms with E-state index in [1.54, 1.807) is 30.3 Å². The molecule has 2 aliphatic rings. The summed E-state index contributed by atoms with van der Waals surface area (Å²) in [6, 6.07) is 16.2. The third-order valence-electron chi connectivity index (χ3n) is 10.3. The van der Waals surface area contributed by atoms with Crippen LogP contribution in [-0.2, 0) is 30.3 Å². The predicted molar refractivity (Wildman–Crippen MR) is 220 cm³/mol. The fraction of sp³-hybridized carbons (Fsp3) is 0.429. The first-order valence-corrected chi connectivity index (χ1v) is 20.1. The molecule has 0 bridgehead atoms. The Hall–Kier alpha value is -6.77. The molecule has 6 rings (SSSR count). The molecule has 1 saturated heterocycles. The number of amides is 5. The topological polar surface area (TPSA) is 265 Å². The van der Waals surface area contributed by atoms with Crippen LogP contribution in [-0.4, -0.2) is 103 Å². The average Bonchev–Trinajstić information content (AvgIpc) is 3.92. The lowest BCUT2D eigenvalue weighted by Gasteiger charge is -2.32. The van der Waals surface area contributed by atoms with Gasteiger partial charge in [0.25, 0.3) is 11.8 Å². The molecule has 0 spiro atoms. The van der Waals surface area contributed by atoms with E-state index in [9.17, 15) is 37.1 Å². The lowest BCUT2D eigenvalue weighted by atomic mass is 9.81. The fourth-order valence-corrected chi connectivity index (χ4v) is 7.03. The van der Waals surface area contributed by atoms with E-state index in [1.807, 2.05) is 58.0 Å². The Bertz CT molecular complexity index is 2260. The van der Waals surface area contributed by atoms with E-state index in [4.69, 9.17) is 20.4 Å². The van der Waals surface area contributed by atoms with E-state index >= 15 is 0 Å². The number of aromatic nitrogens is 5. The molecule has 336 valence electrons. The number of carboxylic acid groups (broad SMARTS) is 1. The van der Waals surface area contributed by atoms with E-state index in [2.05, 4.69) is 41.6 Å². The average molecular weight is 879 g/mol. The maximum Gasteiger partial charge on any atom is 0.490 e. The minimum absolute atomic E-state index is 0.179. The standard InChI is InChI=1S/C40H48N10O6.C2HF3O2/c1-23-30(17-18-32(44-23)36(52)45-33-19-20-42-35(33)51)26-9-5-24(6-10-26)21-31(41)38(54)50(29-15-13-27(14-16-29)34-46-48-49-47-34)37(53)28-11-7-25(8-12-28)22-43-39(55)56-40(2,3)4;3-2(4,5)1(6)7/h5-6,9-10,13-18,25,28,31,33H,7-8,11-12,19-22,41H2,1-4H3,(H,42,51)(H,43,55)(H,45,52)(H,46,47,48,49);(H,6,7)/t25-,28-,31-,33+;/m0./s1. The van der Waals surface area contributed by atoms with E-state index in [0.717, 1.165) is 16.7 Å². The number of nitrogens with zero attached hydrogens (tertiary/aromatic N) is 5. The molecule has 4 aromatic rings. The normalized spacial score (nSPS) is 17.9. The number of rotatable bonds is 11. The summed E-state index contributed by atoms with van der Waals surface area (Å²) in [7, 11) is 0. The summed E-state index contributed by atoms with van der Waals surface area (Å²) in [5.41, 5.74) is 10.4. The van der Waals surface area contributed by atoms with Gasteiger partial charge in [0.2, 0.25) is 17.6 Å². The van der Waals surface area contributed by atoms with Crippen LogP contribution in [0.1, 0.15) is 74.6 Å². The number of tetrazole rings is 1. The predicted octanol–water partition coefficient (Wildman–Crippen LogP) is 4.25. The Morgan fingerprint density at radius 3 is 2.11 bits per heavy atom. The number of aromatic amines is 1. The maximum atomic E-state index is 14.2. The monoisotopic (exact) mass is 878 g/mol. The number of nitrogens with two attached hydrogens (primary N) is 1. The Kier molecular flexibility index (Phi) is 15.3. The van der Waals surface area contributed by atoms with Crippen molar-refractivity contribution in [3.63, 3.8) is 0 Å². The van der Waals surface area contributed by atoms with Crippen molar-refractivity contribution in [3.05, 3.63) is 77.6 Å². The molecule has 0 radical (unpaired) electrons. The summed E-state index contributed by atoms with van der Waals surface area (Å²) in [4.78, 5) is 79.8. The number of benzene rings is 2. The van der Waals surface area contributed by atoms with Gasteiger partial charge in [0.15, 0.2) is 0 Å². The Morgan fingerprint density at radius 1 is 0.937 bits per heavy atom. The minimum atomic E-state index is -5.08. The molecule has 0 unspecified atom stereocenters. The van der Waals surface area contributed by atoms with Gasteiger partial charge in [0.05, 0.1) is 11.7 Å². The van der Waals surface area contributed by atoms with Crippen LogP contribution in [0.4, 0.5) is 23.7 Å². The molecule has 2 aromatic heterocycles. The summed E-state index contributed by atoms with van der Waals surface area (Å²) >= 11 is 0. The molecule has 5 amide bonds. The number of carbonyl (C=O) groups is 6. The number of pyridine rings is 1. The van der Waals surface area contributed by atoms with Gasteiger partial charge in [-0.3, -0.25) is 19.2 Å². The summed E-state index contributed by atoms with van der Waals surface area (Å²) in [5.74, 6) is -4.06. The first kappa shape index (κ1) is 47.3. The van der Waals surface area contributed by atoms with E-state index in [-0.39, 0.29) is 29.8 Å². The van der Waals surface area contributed by atoms with Crippen molar-refractivity contribution in [3.8, 4) is 22.5 Å². The third kappa shape index (κ3) is 13.1. The first-order chi connectivity index (χ1) is 29.7. The number of carboxylic acids is 1. The van der Waals surface area contributed by atoms with Crippen LogP contribution in [0, 0.1) is 18.8 Å². The number of imide groups is 1. The summed E-state index contributed by atoms with van der Waals surface area (Å²) in [6.07, 6.45) is -2.33. The highest BCUT2D eigenvalue weighted by molar-refractivity contribution is 6.17. The van der Waals surface area contributed by atoms with Crippen LogP contribution in [0.5, 0.6) is 0 Å². The molecule has 1 saturated carbocycles. The molecule has 3 heterocycles. The number of hydrogen-bond donors (Lipinski definition) is 6. The zero-order valence-corrected chi connectivity index (χ0v) is 35.0. The Labute approximate surface area is 359 Å². The number of halogens is 3. The van der Waals surface area contributed by atoms with Gasteiger partial charge in [0.1, 0.15) is 17.3 Å². The van der Waals surface area contributed by atoms with Crippen LogP contribution in [0.15, 0.2) is 60.7 Å². The van der Waals surface area contributed by atoms with Gasteiger partial charge < -0.3 is 31.5 Å². The fourth-order valence-electron chi connectivity index (χ4n) is 7.03. The van der Waals surface area contributed by atoms with Crippen molar-refractivity contribution in [2.75, 3.05) is 18.0 Å². The molecule has 18 nitrogen and oxygen atoms in total. The second-order valence-corrected chi connectivity index (χ2v) is 16.1. The quantitative estimate of drug-likeness (QED) is 0.123. The van der Waals surface area contributed by atoms with Crippen molar-refractivity contribution < 1.29 is 51.8 Å². The van der Waals surface area contributed by atoms with Crippen LogP contribution >= 0.6 is 0 Å². The van der Waals surface area contributed by atoms with Gasteiger partial charge >= 0.3 is 18.2 Å². The lowest BCUT2D eigenvalue weighted by molar-refractivity contribution is -0.192. The van der Waals surface area contributed by atoms with Gasteiger partial charge in [-0.05, 0) is 119 Å². The van der Waals surface area contributed by atoms with Crippen LogP contribution in [0.25, 0.3) is 22.5 Å². The second kappa shape index (κ2) is 20.4. The largest absolute Gasteiger partial charge is 0.490 e. The summed E-state index contributed by atoms with van der Waals surface area (Å²) in [5, 5.41) is 29.4. The van der Waals surface area contributed by atoms with Gasteiger partial charge in [-0.1, -0.05) is 30.3 Å². The van der Waals surface area contributed by atoms with E-state index in [0.29, 0.717) is 68.0 Å². The van der Waals surface area contributed by atoms with E-state index < -0.39 is 53.7 Å². The molecule has 21 heteroatoms. The van der Waals surface area contributed by atoms with Crippen LogP contribution in [0.3, 0.4) is 0 Å². The van der Waals surface area contributed by atoms with Gasteiger partial charge in [-0.15, -0.1) is 10.2 Å². The SMILES string of the molecule is Cc1nc(C(=O)N[C@@H]2CCNC2=O)ccc1-c1ccc(C[C@H](N)C(=O)N(c2ccc(-c3nn[nH]n3)cc2)C(=O)[C@H]2CC[C@H](CNC(=O)OC(C)(C)C)CC2)cc1.O=C(O)C(F)(F)F. The third-order valence-corrected chi connectivity index (χ3v) is 10.3. The van der Waals surface area contributed by atoms with Gasteiger partial charge in [0, 0.05) is 35.8 Å². The summed E-state index contributed by atoms with van der Waals surface area (Å²) in [6.45, 7) is 8.21. The summed E-state index contributed by atoms with van der Waals surface area (Å²) < 4.78 is 37.1. The number of carbonyl (C=O) groups excluding carboxylic acids is 5. The molecule has 7 N–H and O–H groups in total. The molecule has 1 aliphatic carbocycles. The number of hydrogen-bond acceptors (Lipinski definition) is 12. The number of anilines is 1. The number of H-pyrrole nitrogens is 1. The number of ether oxygens (including phenoxy) is 1. The first-order valence-electron chi connectivity index (χ1n) is 20.1. The number of nitrogens with one attached hydrogen (secondary N) is 4. The van der Waals surface area contributed by atoms with Crippen molar-refractivity contribution in [2.24, 2.45) is 17.6 Å². The van der Waals surface area contributed by atoms with Gasteiger partial charge in [-0.2, -0.15) is 18.4 Å². The van der Waals surface area contributed by atoms with Crippen LogP contribution < -0.4 is 26.6 Å². The molecule has 1 aliphatic heterocycles. The second-order valence-electron chi connectivity index (χ2n) is 16.1. The highest BCUT2D eigenvalue weighted by Crippen LogP contribution is 2.32. The van der Waals surface area contributed by atoms with E-state index in [1.165, 1.54) is 4.90 Å². The molecule has 2 aromatic carbocycles. The molecule has 63 heavy (non-hydrogen) atoms. The molecular formula is C42H49F3N10O8. The number of alkyl halides is 3. The molecule has 2 atom stereocenters. The zero-order valence-electron chi connectivity index (χ0n) is 35.0. The molecular weight excluding hydrogens is 830 g/mol. The van der Waals surface area contributed by atoms with Gasteiger partial charge in [-0.25, -0.2) is 19.5 Å². The number of alkyl carbamates (subject to hydrolysis) is 1. The van der Waals surface area contributed by atoms with Crippen molar-refractivity contribution in [1.29, 1.82) is 0 Å². The highest BCUT2D eigenvalue weighted by atomic mass is 19.4. The lowest BCUT2D eigenvalue weighted by Crippen LogP contribution is -2.50. The number of aryl methyl sites for hydroxylation is 1. The van der Waals surface area contributed by atoms with Crippen molar-refractivity contribution >= 4 is 41.4 Å². The zero-order chi connectivity index (χ0) is 46.1. The van der Waals surface area contributed by atoms with Crippen molar-refractivity contribution in [2.45, 2.75) is 90.1 Å².